The van der Waals surface area contributed by atoms with Crippen molar-refractivity contribution in [3.05, 3.63) is 0 Å². The number of carboxylic acid groups (broad SMARTS) is 1. The number of urea groups is 1. The number of amides is 3. The molecule has 0 aromatic heterocycles. The van der Waals surface area contributed by atoms with Crippen molar-refractivity contribution in [1.29, 1.82) is 0 Å². The van der Waals surface area contributed by atoms with Crippen LogP contribution in [0.15, 0.2) is 0 Å². The summed E-state index contributed by atoms with van der Waals surface area (Å²) in [6.45, 7) is 2.36. The minimum absolute atomic E-state index is 0.110. The van der Waals surface area contributed by atoms with Crippen molar-refractivity contribution in [3.63, 3.8) is 0 Å². The summed E-state index contributed by atoms with van der Waals surface area (Å²) in [7, 11) is 0. The normalized spacial score (nSPS) is 21.4. The van der Waals surface area contributed by atoms with Gasteiger partial charge >= 0.3 is 12.0 Å². The van der Waals surface area contributed by atoms with E-state index in [1.807, 2.05) is 6.92 Å². The third kappa shape index (κ3) is 5.07. The molecule has 0 spiro atoms. The van der Waals surface area contributed by atoms with Gasteiger partial charge in [0.1, 0.15) is 6.54 Å². The summed E-state index contributed by atoms with van der Waals surface area (Å²) in [5, 5.41) is 11.7. The van der Waals surface area contributed by atoms with Crippen LogP contribution >= 0.6 is 0 Å². The van der Waals surface area contributed by atoms with E-state index in [0.717, 1.165) is 12.8 Å². The fraction of sp³-hybridized carbons (Fsp3) is 0.769. The summed E-state index contributed by atoms with van der Waals surface area (Å²) in [5.74, 6) is -1.76. The second-order valence-corrected chi connectivity index (χ2v) is 5.24. The van der Waals surface area contributed by atoms with Gasteiger partial charge in [-0.25, -0.2) is 4.79 Å². The van der Waals surface area contributed by atoms with E-state index in [9.17, 15) is 14.4 Å². The van der Waals surface area contributed by atoms with Gasteiger partial charge in [-0.2, -0.15) is 0 Å². The molecule has 7 nitrogen and oxygen atoms in total. The van der Waals surface area contributed by atoms with Crippen molar-refractivity contribution in [2.45, 2.75) is 45.1 Å². The molecule has 2 atom stereocenters. The number of carbonyl (C=O) groups is 3. The smallest absolute Gasteiger partial charge is 0.318 e. The molecule has 1 saturated carbocycles. The quantitative estimate of drug-likeness (QED) is 0.633. The second kappa shape index (κ2) is 7.72. The molecule has 4 N–H and O–H groups in total. The van der Waals surface area contributed by atoms with E-state index in [1.165, 1.54) is 4.90 Å². The molecule has 1 fully saturated rings. The van der Waals surface area contributed by atoms with E-state index in [4.69, 9.17) is 10.8 Å². The van der Waals surface area contributed by atoms with Crippen LogP contribution in [0, 0.1) is 5.92 Å². The fourth-order valence-electron chi connectivity index (χ4n) is 2.39. The third-order valence-corrected chi connectivity index (χ3v) is 3.52. The predicted molar refractivity (Wildman–Crippen MR) is 73.0 cm³/mol. The number of nitrogens with one attached hydrogen (secondary N) is 1. The lowest BCUT2D eigenvalue weighted by molar-refractivity contribution is -0.141. The van der Waals surface area contributed by atoms with Gasteiger partial charge in [0, 0.05) is 12.6 Å². The van der Waals surface area contributed by atoms with Crippen molar-refractivity contribution in [2.24, 2.45) is 11.7 Å². The zero-order valence-electron chi connectivity index (χ0n) is 11.8. The number of carboxylic acids is 1. The fourth-order valence-corrected chi connectivity index (χ4v) is 2.39. The van der Waals surface area contributed by atoms with Crippen LogP contribution in [0.5, 0.6) is 0 Å². The Kier molecular flexibility index (Phi) is 6.27. The van der Waals surface area contributed by atoms with Gasteiger partial charge in [-0.15, -0.1) is 0 Å². The zero-order valence-corrected chi connectivity index (χ0v) is 11.8. The minimum atomic E-state index is -0.818. The van der Waals surface area contributed by atoms with Gasteiger partial charge in [0.15, 0.2) is 0 Å². The number of hydrogen-bond acceptors (Lipinski definition) is 3. The van der Waals surface area contributed by atoms with E-state index >= 15 is 0 Å². The van der Waals surface area contributed by atoms with Crippen molar-refractivity contribution in [3.8, 4) is 0 Å². The summed E-state index contributed by atoms with van der Waals surface area (Å²) in [6.07, 6.45) is 3.38. The van der Waals surface area contributed by atoms with Gasteiger partial charge in [0.25, 0.3) is 0 Å². The number of nitrogens with two attached hydrogens (primary N) is 1. The Balaban J connectivity index is 2.49. The van der Waals surface area contributed by atoms with Crippen LogP contribution in [0.3, 0.4) is 0 Å². The molecule has 20 heavy (non-hydrogen) atoms. The molecular weight excluding hydrogens is 262 g/mol. The summed E-state index contributed by atoms with van der Waals surface area (Å²) < 4.78 is 0. The summed E-state index contributed by atoms with van der Waals surface area (Å²) in [4.78, 5) is 35.3. The minimum Gasteiger partial charge on any atom is -0.481 e. The first-order valence-corrected chi connectivity index (χ1v) is 7.00. The van der Waals surface area contributed by atoms with Crippen molar-refractivity contribution >= 4 is 17.9 Å². The summed E-state index contributed by atoms with van der Waals surface area (Å²) >= 11 is 0. The number of nitrogens with zero attached hydrogens (tertiary/aromatic N) is 1. The predicted octanol–water partition coefficient (Wildman–Crippen LogP) is 0.537. The van der Waals surface area contributed by atoms with E-state index in [2.05, 4.69) is 5.32 Å². The van der Waals surface area contributed by atoms with Crippen LogP contribution < -0.4 is 11.1 Å². The average Bonchev–Trinajstić information content (AvgIpc) is 2.82. The molecule has 0 bridgehead atoms. The first-order valence-electron chi connectivity index (χ1n) is 7.00. The van der Waals surface area contributed by atoms with E-state index in [1.54, 1.807) is 0 Å². The molecular formula is C13H23N3O4. The Morgan fingerprint density at radius 3 is 2.55 bits per heavy atom. The van der Waals surface area contributed by atoms with Crippen LogP contribution in [0.2, 0.25) is 0 Å². The lowest BCUT2D eigenvalue weighted by Crippen LogP contribution is -2.47. The third-order valence-electron chi connectivity index (χ3n) is 3.52. The van der Waals surface area contributed by atoms with E-state index in [0.29, 0.717) is 25.8 Å². The Hall–Kier alpha value is -1.79. The zero-order chi connectivity index (χ0) is 15.1. The van der Waals surface area contributed by atoms with E-state index < -0.39 is 11.9 Å². The Bertz CT molecular complexity index is 373. The standard InChI is InChI=1S/C13H23N3O4/c1-2-3-6-16(8-11(14)17)13(20)15-10-5-4-9(7-10)12(18)19/h9-10H,2-8H2,1H3,(H2,14,17)(H,15,20)(H,18,19). The molecule has 0 aliphatic heterocycles. The van der Waals surface area contributed by atoms with Gasteiger partial charge in [-0.05, 0) is 25.7 Å². The molecule has 114 valence electrons. The number of hydrogen-bond donors (Lipinski definition) is 3. The van der Waals surface area contributed by atoms with Gasteiger partial charge in [0.2, 0.25) is 5.91 Å². The lowest BCUT2D eigenvalue weighted by Gasteiger charge is -2.23. The van der Waals surface area contributed by atoms with Crippen molar-refractivity contribution in [2.75, 3.05) is 13.1 Å². The highest BCUT2D eigenvalue weighted by molar-refractivity contribution is 5.83. The van der Waals surface area contributed by atoms with Crippen LogP contribution in [0.4, 0.5) is 4.79 Å². The highest BCUT2D eigenvalue weighted by atomic mass is 16.4. The van der Waals surface area contributed by atoms with Crippen molar-refractivity contribution < 1.29 is 19.5 Å². The Morgan fingerprint density at radius 2 is 2.05 bits per heavy atom. The average molecular weight is 285 g/mol. The molecule has 2 unspecified atom stereocenters. The molecule has 7 heteroatoms. The number of aliphatic carboxylic acids is 1. The molecule has 0 aromatic rings. The monoisotopic (exact) mass is 285 g/mol. The Morgan fingerprint density at radius 1 is 1.35 bits per heavy atom. The molecule has 0 saturated heterocycles. The second-order valence-electron chi connectivity index (χ2n) is 5.24. The van der Waals surface area contributed by atoms with Gasteiger partial charge in [-0.3, -0.25) is 9.59 Å². The first kappa shape index (κ1) is 16.3. The number of unbranched alkanes of at least 4 members (excludes halogenated alkanes) is 1. The highest BCUT2D eigenvalue weighted by Gasteiger charge is 2.31. The van der Waals surface area contributed by atoms with Gasteiger partial charge in [0.05, 0.1) is 5.92 Å². The summed E-state index contributed by atoms with van der Waals surface area (Å²) in [6, 6.07) is -0.478. The maximum Gasteiger partial charge on any atom is 0.318 e. The maximum atomic E-state index is 12.1. The summed E-state index contributed by atoms with van der Waals surface area (Å²) in [5.41, 5.74) is 5.13. The maximum absolute atomic E-state index is 12.1. The van der Waals surface area contributed by atoms with Crippen LogP contribution in [-0.4, -0.2) is 47.0 Å². The van der Waals surface area contributed by atoms with Gasteiger partial charge < -0.3 is 21.1 Å². The molecule has 0 heterocycles. The molecule has 1 aliphatic carbocycles. The number of carbonyl (C=O) groups excluding carboxylic acids is 2. The molecule has 1 rings (SSSR count). The topological polar surface area (TPSA) is 113 Å². The van der Waals surface area contributed by atoms with Crippen LogP contribution in [-0.2, 0) is 9.59 Å². The lowest BCUT2D eigenvalue weighted by atomic mass is 10.1. The van der Waals surface area contributed by atoms with Gasteiger partial charge in [-0.1, -0.05) is 13.3 Å². The SMILES string of the molecule is CCCCN(CC(N)=O)C(=O)NC1CCC(C(=O)O)C1. The van der Waals surface area contributed by atoms with Crippen LogP contribution in [0.25, 0.3) is 0 Å². The molecule has 1 aliphatic rings. The number of primary amides is 1. The van der Waals surface area contributed by atoms with Crippen LogP contribution in [0.1, 0.15) is 39.0 Å². The van der Waals surface area contributed by atoms with Crippen molar-refractivity contribution in [1.82, 2.24) is 10.2 Å². The molecule has 3 amide bonds. The number of rotatable bonds is 7. The first-order chi connectivity index (χ1) is 9.43. The highest BCUT2D eigenvalue weighted by Crippen LogP contribution is 2.25. The largest absolute Gasteiger partial charge is 0.481 e. The molecule has 0 aromatic carbocycles. The Labute approximate surface area is 118 Å². The molecule has 0 radical (unpaired) electrons. The van der Waals surface area contributed by atoms with E-state index in [-0.39, 0.29) is 24.5 Å².